The predicted octanol–water partition coefficient (Wildman–Crippen LogP) is 5.75. The van der Waals surface area contributed by atoms with Gasteiger partial charge in [-0.05, 0) is 44.6 Å². The molecule has 34 heavy (non-hydrogen) atoms. The van der Waals surface area contributed by atoms with Gasteiger partial charge in [0.2, 0.25) is 5.95 Å². The fourth-order valence-electron chi connectivity index (χ4n) is 4.09. The lowest BCUT2D eigenvalue weighted by molar-refractivity contribution is 0.533. The molecule has 0 aliphatic heterocycles. The molecule has 7 nitrogen and oxygen atoms in total. The van der Waals surface area contributed by atoms with Gasteiger partial charge in [0.1, 0.15) is 16.3 Å². The van der Waals surface area contributed by atoms with Crippen LogP contribution in [-0.2, 0) is 10.8 Å². The van der Waals surface area contributed by atoms with Crippen molar-refractivity contribution in [1.29, 1.82) is 0 Å². The van der Waals surface area contributed by atoms with Gasteiger partial charge in [-0.25, -0.2) is 9.97 Å². The third kappa shape index (κ3) is 5.92. The molecular formula is C25H36N6OS2. The molecule has 3 aromatic heterocycles. The van der Waals surface area contributed by atoms with Crippen molar-refractivity contribution >= 4 is 44.1 Å². The highest BCUT2D eigenvalue weighted by molar-refractivity contribution is 7.84. The highest BCUT2D eigenvalue weighted by Gasteiger charge is 2.29. The van der Waals surface area contributed by atoms with Crippen molar-refractivity contribution in [3.8, 4) is 10.6 Å². The first-order valence-electron chi connectivity index (χ1n) is 12.5. The minimum atomic E-state index is -0.738. The van der Waals surface area contributed by atoms with Gasteiger partial charge in [-0.3, -0.25) is 9.19 Å². The Morgan fingerprint density at radius 2 is 1.97 bits per heavy atom. The summed E-state index contributed by atoms with van der Waals surface area (Å²) in [5, 5.41) is 7.84. The first-order valence-corrected chi connectivity index (χ1v) is 14.8. The third-order valence-corrected chi connectivity index (χ3v) is 8.83. The van der Waals surface area contributed by atoms with E-state index >= 15 is 0 Å². The van der Waals surface area contributed by atoms with Crippen LogP contribution < -0.4 is 10.6 Å². The van der Waals surface area contributed by atoms with E-state index in [1.165, 1.54) is 17.5 Å². The second kappa shape index (κ2) is 11.5. The van der Waals surface area contributed by atoms with Crippen LogP contribution in [0.3, 0.4) is 0 Å². The lowest BCUT2D eigenvalue weighted by Gasteiger charge is -2.17. The van der Waals surface area contributed by atoms with Gasteiger partial charge in [-0.15, -0.1) is 11.3 Å². The van der Waals surface area contributed by atoms with E-state index in [0.29, 0.717) is 17.8 Å². The van der Waals surface area contributed by atoms with E-state index < -0.39 is 10.8 Å². The summed E-state index contributed by atoms with van der Waals surface area (Å²) in [7, 11) is -0.738. The zero-order chi connectivity index (χ0) is 24.1. The highest BCUT2D eigenvalue weighted by Crippen LogP contribution is 2.44. The molecule has 0 radical (unpaired) electrons. The van der Waals surface area contributed by atoms with Gasteiger partial charge in [0, 0.05) is 47.5 Å². The number of aryl methyl sites for hydroxylation is 1. The summed E-state index contributed by atoms with van der Waals surface area (Å²) in [4.78, 5) is 19.3. The Kier molecular flexibility index (Phi) is 8.47. The van der Waals surface area contributed by atoms with Gasteiger partial charge < -0.3 is 10.6 Å². The second-order valence-electron chi connectivity index (χ2n) is 9.00. The third-order valence-electron chi connectivity index (χ3n) is 6.30. The maximum atomic E-state index is 12.1. The molecule has 2 unspecified atom stereocenters. The molecule has 1 aliphatic carbocycles. The molecule has 1 saturated carbocycles. The Morgan fingerprint density at radius 3 is 2.68 bits per heavy atom. The largest absolute Gasteiger partial charge is 0.369 e. The summed E-state index contributed by atoms with van der Waals surface area (Å²) in [5.74, 6) is 3.94. The number of rotatable bonds is 13. The lowest BCUT2D eigenvalue weighted by atomic mass is 10.1. The van der Waals surface area contributed by atoms with Crippen LogP contribution in [0.15, 0.2) is 12.3 Å². The molecular weight excluding hydrogens is 464 g/mol. The summed E-state index contributed by atoms with van der Waals surface area (Å²) >= 11 is 1.69. The summed E-state index contributed by atoms with van der Waals surface area (Å²) in [6.07, 6.45) is 7.30. The van der Waals surface area contributed by atoms with E-state index in [2.05, 4.69) is 35.5 Å². The first kappa shape index (κ1) is 25.0. The Balaban J connectivity index is 1.63. The van der Waals surface area contributed by atoms with Crippen LogP contribution in [0.25, 0.3) is 20.8 Å². The molecule has 3 aromatic rings. The number of hydrogen-bond acceptors (Lipinski definition) is 8. The van der Waals surface area contributed by atoms with Crippen molar-refractivity contribution in [3.63, 3.8) is 0 Å². The molecule has 1 aliphatic rings. The number of thiazole rings is 1. The summed E-state index contributed by atoms with van der Waals surface area (Å²) in [6.45, 7) is 9.93. The van der Waals surface area contributed by atoms with E-state index in [1.807, 2.05) is 20.0 Å². The van der Waals surface area contributed by atoms with E-state index in [1.54, 1.807) is 11.3 Å². The molecule has 1 fully saturated rings. The van der Waals surface area contributed by atoms with E-state index in [0.717, 1.165) is 77.2 Å². The van der Waals surface area contributed by atoms with Crippen LogP contribution in [0.5, 0.6) is 0 Å². The van der Waals surface area contributed by atoms with Crippen molar-refractivity contribution in [2.24, 2.45) is 5.92 Å². The van der Waals surface area contributed by atoms with Crippen molar-refractivity contribution in [1.82, 2.24) is 19.9 Å². The average molecular weight is 501 g/mol. The Bertz CT molecular complexity index is 1140. The number of anilines is 2. The van der Waals surface area contributed by atoms with E-state index in [9.17, 15) is 4.21 Å². The summed E-state index contributed by atoms with van der Waals surface area (Å²) < 4.78 is 13.2. The monoisotopic (exact) mass is 500 g/mol. The molecule has 9 heteroatoms. The van der Waals surface area contributed by atoms with Crippen molar-refractivity contribution in [3.05, 3.63) is 23.7 Å². The Morgan fingerprint density at radius 1 is 1.15 bits per heavy atom. The van der Waals surface area contributed by atoms with Crippen molar-refractivity contribution in [2.45, 2.75) is 65.7 Å². The van der Waals surface area contributed by atoms with Gasteiger partial charge in [0.15, 0.2) is 0 Å². The van der Waals surface area contributed by atoms with E-state index in [-0.39, 0.29) is 0 Å². The summed E-state index contributed by atoms with van der Waals surface area (Å²) in [6, 6.07) is 2.06. The van der Waals surface area contributed by atoms with Crippen LogP contribution in [0.1, 0.15) is 70.2 Å². The standard InChI is InChI=1S/C25H36N6OS2/c1-5-12-28-25-29-16(4)20(23(31-25)27-13-10-17(6-2)15-34(32)7-3)24-30-22-19(33-24)11-14-26-21(22)18-8-9-18/h11,14,17-18H,5-10,12-13,15H2,1-4H3,(H2,27,28,29,31). The molecule has 184 valence electrons. The molecule has 2 atom stereocenters. The molecule has 4 rings (SSSR count). The Labute approximate surface area is 209 Å². The van der Waals surface area contributed by atoms with Crippen molar-refractivity contribution < 1.29 is 4.21 Å². The SMILES string of the molecule is CCCNc1nc(C)c(-c2nc3c(C4CC4)nccc3s2)c(NCCC(CC)CS(=O)CC)n1. The van der Waals surface area contributed by atoms with Gasteiger partial charge >= 0.3 is 0 Å². The Hall–Kier alpha value is -2.13. The first-order chi connectivity index (χ1) is 16.5. The zero-order valence-electron chi connectivity index (χ0n) is 20.7. The van der Waals surface area contributed by atoms with Gasteiger partial charge in [-0.1, -0.05) is 27.2 Å². The molecule has 0 amide bonds. The van der Waals surface area contributed by atoms with Crippen LogP contribution in [-0.4, -0.2) is 48.7 Å². The number of nitrogens with one attached hydrogen (secondary N) is 2. The fourth-order valence-corrected chi connectivity index (χ4v) is 6.32. The van der Waals surface area contributed by atoms with Crippen LogP contribution in [0.2, 0.25) is 0 Å². The van der Waals surface area contributed by atoms with Crippen LogP contribution in [0.4, 0.5) is 11.8 Å². The number of fused-ring (bicyclic) bond motifs is 1. The number of aromatic nitrogens is 4. The second-order valence-corrected chi connectivity index (χ2v) is 11.8. The average Bonchev–Trinajstić information content (AvgIpc) is 3.59. The normalized spacial score (nSPS) is 15.4. The highest BCUT2D eigenvalue weighted by atomic mass is 32.2. The molecule has 0 saturated heterocycles. The van der Waals surface area contributed by atoms with Gasteiger partial charge in [0.25, 0.3) is 0 Å². The fraction of sp³-hybridized carbons (Fsp3) is 0.600. The zero-order valence-corrected chi connectivity index (χ0v) is 22.3. The minimum Gasteiger partial charge on any atom is -0.369 e. The molecule has 3 heterocycles. The van der Waals surface area contributed by atoms with Gasteiger partial charge in [0.05, 0.1) is 21.7 Å². The summed E-state index contributed by atoms with van der Waals surface area (Å²) in [5.41, 5.74) is 4.03. The number of pyridine rings is 1. The van der Waals surface area contributed by atoms with Gasteiger partial charge in [-0.2, -0.15) is 4.98 Å². The quantitative estimate of drug-likeness (QED) is 0.308. The maximum Gasteiger partial charge on any atom is 0.224 e. The minimum absolute atomic E-state index is 0.437. The molecule has 0 spiro atoms. The maximum absolute atomic E-state index is 12.1. The lowest BCUT2D eigenvalue weighted by Crippen LogP contribution is -2.17. The van der Waals surface area contributed by atoms with E-state index in [4.69, 9.17) is 15.0 Å². The number of nitrogens with zero attached hydrogens (tertiary/aromatic N) is 4. The predicted molar refractivity (Wildman–Crippen MR) is 144 cm³/mol. The van der Waals surface area contributed by atoms with Crippen LogP contribution >= 0.6 is 11.3 Å². The molecule has 0 aromatic carbocycles. The molecule has 2 N–H and O–H groups in total. The smallest absolute Gasteiger partial charge is 0.224 e. The van der Waals surface area contributed by atoms with Crippen molar-refractivity contribution in [2.75, 3.05) is 35.2 Å². The molecule has 0 bridgehead atoms. The topological polar surface area (TPSA) is 92.7 Å². The number of hydrogen-bond donors (Lipinski definition) is 2. The van der Waals surface area contributed by atoms with Crippen LogP contribution in [0, 0.1) is 12.8 Å².